The van der Waals surface area contributed by atoms with E-state index in [2.05, 4.69) is 36.7 Å². The normalized spacial score (nSPS) is 11.2. The standard InChI is InChI=1S/C14H18BrN5O/c1-14(2,3)20-19-12-11(16)13(18-8-17-12)21-10-6-4-9(15)5-7-10/h4-8,20H,16H2,1-3H3,(H,17,18,19). The maximum absolute atomic E-state index is 6.03. The van der Waals surface area contributed by atoms with Crippen LogP contribution in [0, 0.1) is 0 Å². The molecular weight excluding hydrogens is 334 g/mol. The molecular formula is C14H18BrN5O. The van der Waals surface area contributed by atoms with E-state index in [1.54, 1.807) is 0 Å². The van der Waals surface area contributed by atoms with E-state index < -0.39 is 0 Å². The van der Waals surface area contributed by atoms with Gasteiger partial charge < -0.3 is 15.9 Å². The maximum Gasteiger partial charge on any atom is 0.248 e. The Morgan fingerprint density at radius 3 is 2.43 bits per heavy atom. The minimum atomic E-state index is -0.121. The Bertz CT molecular complexity index is 610. The molecule has 0 aliphatic heterocycles. The molecule has 0 aliphatic rings. The third-order valence-electron chi connectivity index (χ3n) is 2.43. The number of aromatic nitrogens is 2. The average molecular weight is 352 g/mol. The quantitative estimate of drug-likeness (QED) is 0.732. The summed E-state index contributed by atoms with van der Waals surface area (Å²) in [6.45, 7) is 6.07. The molecule has 1 aromatic carbocycles. The molecule has 1 aromatic heterocycles. The van der Waals surface area contributed by atoms with Crippen molar-refractivity contribution in [2.75, 3.05) is 11.2 Å². The number of nitrogens with zero attached hydrogens (tertiary/aromatic N) is 2. The number of benzene rings is 1. The first-order valence-electron chi connectivity index (χ1n) is 6.42. The number of ether oxygens (including phenoxy) is 1. The molecule has 0 saturated carbocycles. The SMILES string of the molecule is CC(C)(C)NNc1ncnc(Oc2ccc(Br)cc2)c1N. The molecule has 112 valence electrons. The molecule has 2 aromatic rings. The Labute approximate surface area is 132 Å². The minimum Gasteiger partial charge on any atom is -0.437 e. The fourth-order valence-corrected chi connectivity index (χ4v) is 1.69. The van der Waals surface area contributed by atoms with Crippen LogP contribution in [0.4, 0.5) is 11.5 Å². The molecule has 0 fully saturated rings. The smallest absolute Gasteiger partial charge is 0.248 e. The van der Waals surface area contributed by atoms with Gasteiger partial charge in [-0.3, -0.25) is 0 Å². The summed E-state index contributed by atoms with van der Waals surface area (Å²) in [5, 5.41) is 0. The second-order valence-corrected chi connectivity index (χ2v) is 6.41. The predicted molar refractivity (Wildman–Crippen MR) is 87.2 cm³/mol. The highest BCUT2D eigenvalue weighted by atomic mass is 79.9. The molecule has 1 heterocycles. The molecule has 0 amide bonds. The maximum atomic E-state index is 6.03. The Morgan fingerprint density at radius 1 is 1.14 bits per heavy atom. The summed E-state index contributed by atoms with van der Waals surface area (Å²) in [5.74, 6) is 1.44. The molecule has 0 radical (unpaired) electrons. The number of anilines is 2. The minimum absolute atomic E-state index is 0.121. The molecule has 0 bridgehead atoms. The van der Waals surface area contributed by atoms with Crippen molar-refractivity contribution in [3.8, 4) is 11.6 Å². The van der Waals surface area contributed by atoms with Gasteiger partial charge in [0.05, 0.1) is 0 Å². The van der Waals surface area contributed by atoms with E-state index in [4.69, 9.17) is 10.5 Å². The lowest BCUT2D eigenvalue weighted by Gasteiger charge is -2.22. The van der Waals surface area contributed by atoms with Crippen LogP contribution < -0.4 is 21.3 Å². The van der Waals surface area contributed by atoms with Gasteiger partial charge in [-0.25, -0.2) is 10.4 Å². The molecule has 0 saturated heterocycles. The lowest BCUT2D eigenvalue weighted by Crippen LogP contribution is -2.40. The lowest BCUT2D eigenvalue weighted by atomic mass is 10.1. The highest BCUT2D eigenvalue weighted by molar-refractivity contribution is 9.10. The first-order valence-corrected chi connectivity index (χ1v) is 7.21. The third-order valence-corrected chi connectivity index (χ3v) is 2.96. The highest BCUT2D eigenvalue weighted by Gasteiger charge is 2.13. The summed E-state index contributed by atoms with van der Waals surface area (Å²) in [5.41, 5.74) is 12.3. The van der Waals surface area contributed by atoms with Crippen LogP contribution in [0.1, 0.15) is 20.8 Å². The molecule has 0 aliphatic carbocycles. The van der Waals surface area contributed by atoms with E-state index in [-0.39, 0.29) is 5.54 Å². The lowest BCUT2D eigenvalue weighted by molar-refractivity contribution is 0.457. The average Bonchev–Trinajstić information content (AvgIpc) is 2.41. The van der Waals surface area contributed by atoms with Gasteiger partial charge in [-0.15, -0.1) is 0 Å². The number of hydrogen-bond acceptors (Lipinski definition) is 6. The molecule has 21 heavy (non-hydrogen) atoms. The number of nitrogen functional groups attached to an aromatic ring is 1. The van der Waals surface area contributed by atoms with E-state index in [1.807, 2.05) is 45.0 Å². The van der Waals surface area contributed by atoms with Gasteiger partial charge in [-0.05, 0) is 45.0 Å². The van der Waals surface area contributed by atoms with Gasteiger partial charge in [0.2, 0.25) is 5.88 Å². The topological polar surface area (TPSA) is 85.1 Å². The van der Waals surface area contributed by atoms with Crippen LogP contribution in [-0.2, 0) is 0 Å². The number of rotatable bonds is 4. The number of nitrogens with two attached hydrogens (primary N) is 1. The monoisotopic (exact) mass is 351 g/mol. The van der Waals surface area contributed by atoms with Crippen LogP contribution in [0.3, 0.4) is 0 Å². The molecule has 7 heteroatoms. The van der Waals surface area contributed by atoms with Crippen LogP contribution in [-0.4, -0.2) is 15.5 Å². The Hall–Kier alpha value is -1.86. The van der Waals surface area contributed by atoms with E-state index in [9.17, 15) is 0 Å². The van der Waals surface area contributed by atoms with Crippen LogP contribution in [0.15, 0.2) is 35.1 Å². The molecule has 4 N–H and O–H groups in total. The summed E-state index contributed by atoms with van der Waals surface area (Å²) in [6, 6.07) is 7.42. The largest absolute Gasteiger partial charge is 0.437 e. The second-order valence-electron chi connectivity index (χ2n) is 5.50. The summed E-state index contributed by atoms with van der Waals surface area (Å²) >= 11 is 3.37. The summed E-state index contributed by atoms with van der Waals surface area (Å²) in [7, 11) is 0. The van der Waals surface area contributed by atoms with Crippen molar-refractivity contribution in [1.29, 1.82) is 0 Å². The fourth-order valence-electron chi connectivity index (χ4n) is 1.42. The molecule has 0 unspecified atom stereocenters. The van der Waals surface area contributed by atoms with E-state index >= 15 is 0 Å². The zero-order valence-corrected chi connectivity index (χ0v) is 13.7. The first kappa shape index (κ1) is 15.5. The number of hydrazine groups is 1. The second kappa shape index (κ2) is 6.28. The van der Waals surface area contributed by atoms with Gasteiger partial charge in [0.25, 0.3) is 0 Å². The van der Waals surface area contributed by atoms with Gasteiger partial charge in [-0.2, -0.15) is 4.98 Å². The van der Waals surface area contributed by atoms with Crippen molar-refractivity contribution in [2.24, 2.45) is 0 Å². The Kier molecular flexibility index (Phi) is 4.64. The van der Waals surface area contributed by atoms with E-state index in [1.165, 1.54) is 6.33 Å². The zero-order chi connectivity index (χ0) is 15.5. The molecule has 0 spiro atoms. The van der Waals surface area contributed by atoms with E-state index in [0.717, 1.165) is 4.47 Å². The number of hydrogen-bond donors (Lipinski definition) is 3. The van der Waals surface area contributed by atoms with Gasteiger partial charge in [0.15, 0.2) is 5.82 Å². The van der Waals surface area contributed by atoms with Gasteiger partial charge in [0.1, 0.15) is 17.8 Å². The highest BCUT2D eigenvalue weighted by Crippen LogP contribution is 2.29. The summed E-state index contributed by atoms with van der Waals surface area (Å²) in [4.78, 5) is 8.16. The Balaban J connectivity index is 2.15. The Morgan fingerprint density at radius 2 is 1.81 bits per heavy atom. The van der Waals surface area contributed by atoms with Crippen LogP contribution in [0.25, 0.3) is 0 Å². The van der Waals surface area contributed by atoms with Gasteiger partial charge >= 0.3 is 0 Å². The fraction of sp³-hybridized carbons (Fsp3) is 0.286. The zero-order valence-electron chi connectivity index (χ0n) is 12.1. The predicted octanol–water partition coefficient (Wildman–Crippen LogP) is 3.33. The number of nitrogens with one attached hydrogen (secondary N) is 2. The van der Waals surface area contributed by atoms with Crippen LogP contribution in [0.5, 0.6) is 11.6 Å². The molecule has 6 nitrogen and oxygen atoms in total. The van der Waals surface area contributed by atoms with Crippen molar-refractivity contribution >= 4 is 27.4 Å². The van der Waals surface area contributed by atoms with Crippen molar-refractivity contribution in [1.82, 2.24) is 15.4 Å². The molecule has 2 rings (SSSR count). The third kappa shape index (κ3) is 4.57. The van der Waals surface area contributed by atoms with E-state index in [0.29, 0.717) is 23.1 Å². The number of halogens is 1. The van der Waals surface area contributed by atoms with Crippen LogP contribution >= 0.6 is 15.9 Å². The van der Waals surface area contributed by atoms with Crippen molar-refractivity contribution in [3.63, 3.8) is 0 Å². The summed E-state index contributed by atoms with van der Waals surface area (Å²) in [6.07, 6.45) is 1.40. The summed E-state index contributed by atoms with van der Waals surface area (Å²) < 4.78 is 6.65. The van der Waals surface area contributed by atoms with Crippen molar-refractivity contribution < 1.29 is 4.74 Å². The van der Waals surface area contributed by atoms with Crippen molar-refractivity contribution in [2.45, 2.75) is 26.3 Å². The first-order chi connectivity index (χ1) is 9.85. The molecule has 0 atom stereocenters. The van der Waals surface area contributed by atoms with Gasteiger partial charge in [0, 0.05) is 10.0 Å². The van der Waals surface area contributed by atoms with Crippen molar-refractivity contribution in [3.05, 3.63) is 35.1 Å². The van der Waals surface area contributed by atoms with Gasteiger partial charge in [-0.1, -0.05) is 15.9 Å². The van der Waals surface area contributed by atoms with Crippen LogP contribution in [0.2, 0.25) is 0 Å².